The highest BCUT2D eigenvalue weighted by molar-refractivity contribution is 5.90. The highest BCUT2D eigenvalue weighted by Crippen LogP contribution is 2.31. The number of carbonyl (C=O) groups excluding carboxylic acids is 1. The summed E-state index contributed by atoms with van der Waals surface area (Å²) in [4.78, 5) is 23.0. The maximum Gasteiger partial charge on any atom is 0.224 e. The van der Waals surface area contributed by atoms with Gasteiger partial charge >= 0.3 is 0 Å². The second-order valence-electron chi connectivity index (χ2n) is 6.75. The number of fused-ring (bicyclic) bond motifs is 1. The van der Waals surface area contributed by atoms with Gasteiger partial charge in [-0.2, -0.15) is 0 Å². The second-order valence-corrected chi connectivity index (χ2v) is 6.75. The van der Waals surface area contributed by atoms with Gasteiger partial charge in [0.25, 0.3) is 0 Å². The average Bonchev–Trinajstić information content (AvgIpc) is 2.62. The summed E-state index contributed by atoms with van der Waals surface area (Å²) in [5.41, 5.74) is 0.328. The molecule has 6 heteroatoms. The molecule has 1 fully saturated rings. The fraction of sp³-hybridized carbons (Fsp3) is 0.526. The maximum atomic E-state index is 14.0. The molecule has 1 amide bonds. The Morgan fingerprint density at radius 3 is 3.00 bits per heavy atom. The van der Waals surface area contributed by atoms with Crippen molar-refractivity contribution in [1.82, 2.24) is 15.3 Å². The van der Waals surface area contributed by atoms with Gasteiger partial charge in [-0.25, -0.2) is 14.4 Å². The standard InChI is InChI=1S/C19H25FN4O/c1-3-4-10-21-19(25)14-9-8-13(2)24(11-14)18-15-6-5-7-16(20)17(15)22-12-23-18/h5-7,12-14H,3-4,8-11H2,1-2H3,(H,21,25). The Bertz CT molecular complexity index is 751. The lowest BCUT2D eigenvalue weighted by Crippen LogP contribution is -2.47. The third kappa shape index (κ3) is 3.72. The highest BCUT2D eigenvalue weighted by atomic mass is 19.1. The smallest absolute Gasteiger partial charge is 0.224 e. The molecule has 2 atom stereocenters. The number of amides is 1. The molecule has 1 aliphatic rings. The van der Waals surface area contributed by atoms with Crippen molar-refractivity contribution in [2.45, 2.75) is 45.6 Å². The van der Waals surface area contributed by atoms with Gasteiger partial charge in [-0.1, -0.05) is 19.4 Å². The van der Waals surface area contributed by atoms with E-state index in [0.717, 1.165) is 32.2 Å². The molecule has 5 nitrogen and oxygen atoms in total. The first-order valence-electron chi connectivity index (χ1n) is 9.05. The van der Waals surface area contributed by atoms with Crippen LogP contribution in [0.3, 0.4) is 0 Å². The fourth-order valence-electron chi connectivity index (χ4n) is 3.42. The molecular formula is C19H25FN4O. The molecule has 0 aliphatic carbocycles. The Balaban J connectivity index is 1.83. The van der Waals surface area contributed by atoms with Gasteiger partial charge < -0.3 is 10.2 Å². The summed E-state index contributed by atoms with van der Waals surface area (Å²) in [5.74, 6) is 0.407. The summed E-state index contributed by atoms with van der Waals surface area (Å²) in [6, 6.07) is 5.17. The van der Waals surface area contributed by atoms with Crippen molar-refractivity contribution in [3.63, 3.8) is 0 Å². The third-order valence-electron chi connectivity index (χ3n) is 4.95. The van der Waals surface area contributed by atoms with E-state index in [0.29, 0.717) is 23.3 Å². The molecule has 1 N–H and O–H groups in total. The summed E-state index contributed by atoms with van der Waals surface area (Å²) in [6.07, 6.45) is 5.24. The van der Waals surface area contributed by atoms with Crippen molar-refractivity contribution in [2.24, 2.45) is 5.92 Å². The number of nitrogens with one attached hydrogen (secondary N) is 1. The van der Waals surface area contributed by atoms with Crippen LogP contribution in [0.1, 0.15) is 39.5 Å². The number of hydrogen-bond donors (Lipinski definition) is 1. The number of piperidine rings is 1. The number of aromatic nitrogens is 2. The Kier molecular flexibility index (Phi) is 5.46. The number of para-hydroxylation sites is 1. The van der Waals surface area contributed by atoms with Crippen molar-refractivity contribution in [3.05, 3.63) is 30.3 Å². The minimum atomic E-state index is -0.348. The van der Waals surface area contributed by atoms with Crippen LogP contribution in [-0.4, -0.2) is 35.0 Å². The number of anilines is 1. The lowest BCUT2D eigenvalue weighted by atomic mass is 9.92. The molecular weight excluding hydrogens is 319 g/mol. The molecule has 0 radical (unpaired) electrons. The minimum absolute atomic E-state index is 0.0633. The quantitative estimate of drug-likeness (QED) is 0.846. The van der Waals surface area contributed by atoms with Crippen LogP contribution in [0.15, 0.2) is 24.5 Å². The van der Waals surface area contributed by atoms with Crippen LogP contribution in [-0.2, 0) is 4.79 Å². The number of hydrogen-bond acceptors (Lipinski definition) is 4. The molecule has 2 unspecified atom stereocenters. The van der Waals surface area contributed by atoms with Crippen LogP contribution in [0.5, 0.6) is 0 Å². The largest absolute Gasteiger partial charge is 0.356 e. The third-order valence-corrected chi connectivity index (χ3v) is 4.95. The van der Waals surface area contributed by atoms with Crippen LogP contribution >= 0.6 is 0 Å². The minimum Gasteiger partial charge on any atom is -0.356 e. The second kappa shape index (κ2) is 7.76. The highest BCUT2D eigenvalue weighted by Gasteiger charge is 2.31. The molecule has 3 rings (SSSR count). The Morgan fingerprint density at radius 1 is 1.36 bits per heavy atom. The summed E-state index contributed by atoms with van der Waals surface area (Å²) >= 11 is 0. The number of unbranched alkanes of at least 4 members (excludes halogenated alkanes) is 1. The number of benzene rings is 1. The molecule has 1 aliphatic heterocycles. The van der Waals surface area contributed by atoms with Gasteiger partial charge in [-0.3, -0.25) is 4.79 Å². The number of rotatable bonds is 5. The van der Waals surface area contributed by atoms with E-state index in [1.165, 1.54) is 12.4 Å². The van der Waals surface area contributed by atoms with E-state index in [-0.39, 0.29) is 23.7 Å². The van der Waals surface area contributed by atoms with Crippen LogP contribution in [0.2, 0.25) is 0 Å². The van der Waals surface area contributed by atoms with Crippen LogP contribution in [0.25, 0.3) is 10.9 Å². The van der Waals surface area contributed by atoms with Crippen LogP contribution < -0.4 is 10.2 Å². The number of halogens is 1. The summed E-state index contributed by atoms with van der Waals surface area (Å²) in [7, 11) is 0. The number of nitrogens with zero attached hydrogens (tertiary/aromatic N) is 3. The van der Waals surface area contributed by atoms with Gasteiger partial charge in [0.2, 0.25) is 5.91 Å². The predicted octanol–water partition coefficient (Wildman–Crippen LogP) is 3.29. The molecule has 1 saturated heterocycles. The normalized spacial score (nSPS) is 20.7. The molecule has 25 heavy (non-hydrogen) atoms. The Labute approximate surface area is 147 Å². The first kappa shape index (κ1) is 17.6. The molecule has 2 aromatic rings. The Hall–Kier alpha value is -2.24. The zero-order valence-electron chi connectivity index (χ0n) is 14.8. The van der Waals surface area contributed by atoms with Crippen molar-refractivity contribution >= 4 is 22.6 Å². The first-order valence-corrected chi connectivity index (χ1v) is 9.05. The van der Waals surface area contributed by atoms with E-state index in [4.69, 9.17) is 0 Å². The van der Waals surface area contributed by atoms with Crippen molar-refractivity contribution in [2.75, 3.05) is 18.0 Å². The van der Waals surface area contributed by atoms with Gasteiger partial charge in [0.1, 0.15) is 23.5 Å². The summed E-state index contributed by atoms with van der Waals surface area (Å²) in [6.45, 7) is 5.55. The first-order chi connectivity index (χ1) is 12.1. The molecule has 2 heterocycles. The number of carbonyl (C=O) groups is 1. The van der Waals surface area contributed by atoms with Crippen molar-refractivity contribution < 1.29 is 9.18 Å². The zero-order chi connectivity index (χ0) is 17.8. The topological polar surface area (TPSA) is 58.1 Å². The van der Waals surface area contributed by atoms with E-state index in [2.05, 4.69) is 34.0 Å². The van der Waals surface area contributed by atoms with Gasteiger partial charge in [0.15, 0.2) is 0 Å². The summed E-state index contributed by atoms with van der Waals surface area (Å²) in [5, 5.41) is 3.72. The molecule has 1 aromatic carbocycles. The lowest BCUT2D eigenvalue weighted by Gasteiger charge is -2.38. The Morgan fingerprint density at radius 2 is 2.20 bits per heavy atom. The van der Waals surface area contributed by atoms with Crippen LogP contribution in [0.4, 0.5) is 10.2 Å². The maximum absolute atomic E-state index is 14.0. The van der Waals surface area contributed by atoms with E-state index < -0.39 is 0 Å². The zero-order valence-corrected chi connectivity index (χ0v) is 14.8. The van der Waals surface area contributed by atoms with E-state index >= 15 is 0 Å². The van der Waals surface area contributed by atoms with Gasteiger partial charge in [0, 0.05) is 24.5 Å². The average molecular weight is 344 g/mol. The molecule has 0 spiro atoms. The van der Waals surface area contributed by atoms with Gasteiger partial charge in [0.05, 0.1) is 5.92 Å². The van der Waals surface area contributed by atoms with E-state index in [1.807, 2.05) is 6.07 Å². The van der Waals surface area contributed by atoms with Gasteiger partial charge in [-0.05, 0) is 38.3 Å². The SMILES string of the molecule is CCCCNC(=O)C1CCC(C)N(c2ncnc3c(F)cccc23)C1. The molecule has 1 aromatic heterocycles. The summed E-state index contributed by atoms with van der Waals surface area (Å²) < 4.78 is 14.0. The van der Waals surface area contributed by atoms with Crippen molar-refractivity contribution in [1.29, 1.82) is 0 Å². The van der Waals surface area contributed by atoms with Crippen molar-refractivity contribution in [3.8, 4) is 0 Å². The van der Waals surface area contributed by atoms with E-state index in [9.17, 15) is 9.18 Å². The van der Waals surface area contributed by atoms with E-state index in [1.54, 1.807) is 6.07 Å². The lowest BCUT2D eigenvalue weighted by molar-refractivity contribution is -0.125. The predicted molar refractivity (Wildman–Crippen MR) is 96.9 cm³/mol. The van der Waals surface area contributed by atoms with Gasteiger partial charge in [-0.15, -0.1) is 0 Å². The molecule has 0 saturated carbocycles. The fourth-order valence-corrected chi connectivity index (χ4v) is 3.42. The molecule has 0 bridgehead atoms. The monoisotopic (exact) mass is 344 g/mol. The van der Waals surface area contributed by atoms with Crippen LogP contribution in [0, 0.1) is 11.7 Å². The molecule has 134 valence electrons.